The first kappa shape index (κ1) is 24.4. The van der Waals surface area contributed by atoms with Crippen LogP contribution in [-0.4, -0.2) is 61.3 Å². The lowest BCUT2D eigenvalue weighted by Crippen LogP contribution is -2.45. The highest BCUT2D eigenvalue weighted by molar-refractivity contribution is 6.15. The van der Waals surface area contributed by atoms with Crippen molar-refractivity contribution in [3.8, 4) is 0 Å². The molecule has 3 rings (SSSR count). The molecule has 0 bridgehead atoms. The second-order valence-electron chi connectivity index (χ2n) is 9.17. The average Bonchev–Trinajstić information content (AvgIpc) is 2.79. The number of nitro groups is 1. The summed E-state index contributed by atoms with van der Waals surface area (Å²) in [5, 5.41) is 14.6. The average molecular weight is 453 g/mol. The van der Waals surface area contributed by atoms with Crippen molar-refractivity contribution in [1.29, 1.82) is 0 Å². The summed E-state index contributed by atoms with van der Waals surface area (Å²) in [5.74, 6) is -0.0989. The molecule has 0 unspecified atom stereocenters. The number of ketones is 1. The van der Waals surface area contributed by atoms with Crippen molar-refractivity contribution in [2.24, 2.45) is 5.92 Å². The molecule has 8 nitrogen and oxygen atoms in total. The van der Waals surface area contributed by atoms with Gasteiger partial charge in [-0.1, -0.05) is 32.0 Å². The van der Waals surface area contributed by atoms with Crippen molar-refractivity contribution < 1.29 is 14.5 Å². The number of carbonyl (C=O) groups excluding carboxylic acids is 2. The van der Waals surface area contributed by atoms with E-state index in [9.17, 15) is 19.7 Å². The Morgan fingerprint density at radius 2 is 1.76 bits per heavy atom. The highest BCUT2D eigenvalue weighted by Gasteiger charge is 2.25. The number of rotatable bonds is 8. The van der Waals surface area contributed by atoms with Crippen molar-refractivity contribution in [3.05, 3.63) is 69.3 Å². The Balaban J connectivity index is 1.78. The lowest BCUT2D eigenvalue weighted by atomic mass is 9.96. The Morgan fingerprint density at radius 3 is 2.33 bits per heavy atom. The van der Waals surface area contributed by atoms with Crippen LogP contribution >= 0.6 is 0 Å². The summed E-state index contributed by atoms with van der Waals surface area (Å²) in [5.41, 5.74) is 0.951. The predicted octanol–water partition coefficient (Wildman–Crippen LogP) is 3.74. The normalized spacial score (nSPS) is 14.8. The minimum Gasteiger partial charge on any atom is -0.372 e. The van der Waals surface area contributed by atoms with E-state index in [1.165, 1.54) is 6.07 Å². The molecular weight excluding hydrogens is 420 g/mol. The van der Waals surface area contributed by atoms with Crippen LogP contribution in [0, 0.1) is 16.0 Å². The fourth-order valence-corrected chi connectivity index (χ4v) is 4.26. The Labute approximate surface area is 194 Å². The Hall–Kier alpha value is -3.26. The first-order chi connectivity index (χ1) is 15.7. The van der Waals surface area contributed by atoms with Crippen molar-refractivity contribution in [2.45, 2.75) is 32.7 Å². The molecule has 1 aliphatic heterocycles. The number of anilines is 1. The van der Waals surface area contributed by atoms with E-state index in [-0.39, 0.29) is 34.3 Å². The molecule has 0 spiro atoms. The van der Waals surface area contributed by atoms with E-state index < -0.39 is 10.7 Å². The van der Waals surface area contributed by atoms with Gasteiger partial charge in [-0.2, -0.15) is 0 Å². The van der Waals surface area contributed by atoms with Gasteiger partial charge in [-0.15, -0.1) is 0 Å². The van der Waals surface area contributed by atoms with Gasteiger partial charge in [0.1, 0.15) is 5.69 Å². The van der Waals surface area contributed by atoms with Gasteiger partial charge in [-0.25, -0.2) is 0 Å². The number of benzene rings is 2. The molecule has 1 saturated heterocycles. The number of likely N-dealkylation sites (tertiary alicyclic amines) is 1. The maximum Gasteiger partial charge on any atom is 0.293 e. The molecule has 176 valence electrons. The molecule has 1 heterocycles. The molecule has 0 atom stereocenters. The predicted molar refractivity (Wildman–Crippen MR) is 129 cm³/mol. The lowest BCUT2D eigenvalue weighted by molar-refractivity contribution is -0.384. The van der Waals surface area contributed by atoms with E-state index >= 15 is 0 Å². The molecule has 2 aromatic carbocycles. The van der Waals surface area contributed by atoms with Crippen LogP contribution in [0.1, 0.15) is 53.0 Å². The number of hydrogen-bond donors (Lipinski definition) is 1. The van der Waals surface area contributed by atoms with E-state index in [1.54, 1.807) is 55.4 Å². The van der Waals surface area contributed by atoms with Crippen LogP contribution in [0.5, 0.6) is 0 Å². The molecule has 0 radical (unpaired) electrons. The first-order valence-electron chi connectivity index (χ1n) is 11.3. The molecule has 0 aromatic heterocycles. The quantitative estimate of drug-likeness (QED) is 0.372. The van der Waals surface area contributed by atoms with Crippen LogP contribution in [0.3, 0.4) is 0 Å². The molecule has 33 heavy (non-hydrogen) atoms. The molecular formula is C25H32N4O4. The van der Waals surface area contributed by atoms with Crippen LogP contribution in [0.15, 0.2) is 42.5 Å². The number of nitro benzene ring substituents is 1. The summed E-state index contributed by atoms with van der Waals surface area (Å²) in [4.78, 5) is 41.3. The summed E-state index contributed by atoms with van der Waals surface area (Å²) in [7, 11) is 3.41. The number of hydrogen-bond acceptors (Lipinski definition) is 6. The molecule has 0 saturated carbocycles. The van der Waals surface area contributed by atoms with Gasteiger partial charge < -0.3 is 15.1 Å². The summed E-state index contributed by atoms with van der Waals surface area (Å²) in [6.07, 6.45) is 1.74. The number of carbonyl (C=O) groups is 2. The smallest absolute Gasteiger partial charge is 0.293 e. The fourth-order valence-electron chi connectivity index (χ4n) is 4.26. The zero-order valence-electron chi connectivity index (χ0n) is 19.7. The van der Waals surface area contributed by atoms with Crippen molar-refractivity contribution >= 4 is 23.1 Å². The van der Waals surface area contributed by atoms with Crippen molar-refractivity contribution in [1.82, 2.24) is 10.2 Å². The van der Waals surface area contributed by atoms with E-state index in [0.29, 0.717) is 11.6 Å². The van der Waals surface area contributed by atoms with Gasteiger partial charge in [0.15, 0.2) is 5.78 Å². The zero-order chi connectivity index (χ0) is 24.1. The molecule has 1 N–H and O–H groups in total. The SMILES string of the molecule is CC(C)CN1CCC(NC(=O)c2ccccc2C(=O)c2ccc(N(C)C)c([N+](=O)[O-])c2)CC1. The number of piperidine rings is 1. The lowest BCUT2D eigenvalue weighted by Gasteiger charge is -2.33. The van der Waals surface area contributed by atoms with Gasteiger partial charge in [0, 0.05) is 57.0 Å². The van der Waals surface area contributed by atoms with Crippen molar-refractivity contribution in [2.75, 3.05) is 38.6 Å². The summed E-state index contributed by atoms with van der Waals surface area (Å²) >= 11 is 0. The van der Waals surface area contributed by atoms with E-state index in [2.05, 4.69) is 24.1 Å². The van der Waals surface area contributed by atoms with E-state index in [4.69, 9.17) is 0 Å². The third kappa shape index (κ3) is 5.96. The summed E-state index contributed by atoms with van der Waals surface area (Å²) < 4.78 is 0. The van der Waals surface area contributed by atoms with Crippen molar-refractivity contribution in [3.63, 3.8) is 0 Å². The Bertz CT molecular complexity index is 1030. The second kappa shape index (κ2) is 10.6. The van der Waals surface area contributed by atoms with Crippen LogP contribution in [0.4, 0.5) is 11.4 Å². The van der Waals surface area contributed by atoms with Crippen LogP contribution in [0.25, 0.3) is 0 Å². The van der Waals surface area contributed by atoms with Crippen LogP contribution < -0.4 is 10.2 Å². The van der Waals surface area contributed by atoms with Gasteiger partial charge in [-0.05, 0) is 37.0 Å². The topological polar surface area (TPSA) is 95.8 Å². The highest BCUT2D eigenvalue weighted by atomic mass is 16.6. The summed E-state index contributed by atoms with van der Waals surface area (Å²) in [6.45, 7) is 7.32. The molecule has 2 aromatic rings. The largest absolute Gasteiger partial charge is 0.372 e. The molecule has 0 aliphatic carbocycles. The zero-order valence-corrected chi connectivity index (χ0v) is 19.7. The fraction of sp³-hybridized carbons (Fsp3) is 0.440. The van der Waals surface area contributed by atoms with E-state index in [1.807, 2.05) is 0 Å². The van der Waals surface area contributed by atoms with Gasteiger partial charge in [0.25, 0.3) is 11.6 Å². The Kier molecular flexibility index (Phi) is 7.81. The van der Waals surface area contributed by atoms with E-state index in [0.717, 1.165) is 32.5 Å². The second-order valence-corrected chi connectivity index (χ2v) is 9.17. The maximum atomic E-state index is 13.2. The standard InChI is InChI=1S/C25H32N4O4/c1-17(2)16-28-13-11-19(12-14-28)26-25(31)21-8-6-5-7-20(21)24(30)18-9-10-22(27(3)4)23(15-18)29(32)33/h5-10,15,17,19H,11-14,16H2,1-4H3,(H,26,31). The van der Waals surface area contributed by atoms with Gasteiger partial charge in [0.2, 0.25) is 0 Å². The number of nitrogens with one attached hydrogen (secondary N) is 1. The minimum absolute atomic E-state index is 0.0598. The number of nitrogens with zero attached hydrogens (tertiary/aromatic N) is 3. The highest BCUT2D eigenvalue weighted by Crippen LogP contribution is 2.29. The van der Waals surface area contributed by atoms with Gasteiger partial charge in [-0.3, -0.25) is 19.7 Å². The monoisotopic (exact) mass is 452 g/mol. The van der Waals surface area contributed by atoms with Crippen LogP contribution in [0.2, 0.25) is 0 Å². The minimum atomic E-state index is -0.504. The first-order valence-corrected chi connectivity index (χ1v) is 11.3. The molecule has 1 fully saturated rings. The van der Waals surface area contributed by atoms with Gasteiger partial charge >= 0.3 is 0 Å². The van der Waals surface area contributed by atoms with Crippen LogP contribution in [-0.2, 0) is 0 Å². The molecule has 1 amide bonds. The van der Waals surface area contributed by atoms with Gasteiger partial charge in [0.05, 0.1) is 10.5 Å². The maximum absolute atomic E-state index is 13.2. The molecule has 8 heteroatoms. The third-order valence-corrected chi connectivity index (χ3v) is 5.88. The number of amides is 1. The Morgan fingerprint density at radius 1 is 1.12 bits per heavy atom. The molecule has 1 aliphatic rings. The third-order valence-electron chi connectivity index (χ3n) is 5.88. The summed E-state index contributed by atoms with van der Waals surface area (Å²) in [6, 6.07) is 11.1.